The predicted octanol–water partition coefficient (Wildman–Crippen LogP) is 1.26. The summed E-state index contributed by atoms with van der Waals surface area (Å²) in [6.45, 7) is 6.92. The van der Waals surface area contributed by atoms with E-state index in [9.17, 15) is 10.2 Å². The monoisotopic (exact) mass is 271 g/mol. The van der Waals surface area contributed by atoms with Crippen LogP contribution in [0.25, 0.3) is 0 Å². The van der Waals surface area contributed by atoms with E-state index in [-0.39, 0.29) is 18.8 Å². The number of aliphatic hydroxyl groups is 2. The lowest BCUT2D eigenvalue weighted by Crippen LogP contribution is -2.52. The minimum Gasteiger partial charge on any atom is -0.394 e. The van der Waals surface area contributed by atoms with Crippen LogP contribution >= 0.6 is 0 Å². The summed E-state index contributed by atoms with van der Waals surface area (Å²) in [6, 6.07) is 0.386. The second-order valence-corrected chi connectivity index (χ2v) is 6.36. The first-order valence-corrected chi connectivity index (χ1v) is 7.78. The third kappa shape index (κ3) is 3.91. The Kier molecular flexibility index (Phi) is 5.63. The molecular formula is C15H29NO3. The highest BCUT2D eigenvalue weighted by atomic mass is 16.5. The number of hydrogen-bond acceptors (Lipinski definition) is 4. The summed E-state index contributed by atoms with van der Waals surface area (Å²) in [6.07, 6.45) is 4.29. The van der Waals surface area contributed by atoms with Gasteiger partial charge in [-0.3, -0.25) is 4.90 Å². The minimum absolute atomic E-state index is 0.0566. The van der Waals surface area contributed by atoms with Gasteiger partial charge < -0.3 is 14.9 Å². The number of nitrogens with zero attached hydrogens (tertiary/aromatic N) is 1. The first kappa shape index (κ1) is 15.2. The van der Waals surface area contributed by atoms with Crippen LogP contribution in [0.1, 0.15) is 39.5 Å². The van der Waals surface area contributed by atoms with Gasteiger partial charge in [0, 0.05) is 19.1 Å². The molecule has 0 spiro atoms. The zero-order valence-electron chi connectivity index (χ0n) is 12.3. The Morgan fingerprint density at radius 3 is 2.79 bits per heavy atom. The molecule has 0 aromatic heterocycles. The average molecular weight is 271 g/mol. The van der Waals surface area contributed by atoms with Gasteiger partial charge in [-0.1, -0.05) is 13.3 Å². The summed E-state index contributed by atoms with van der Waals surface area (Å²) < 4.78 is 5.57. The van der Waals surface area contributed by atoms with Crippen LogP contribution in [0.2, 0.25) is 0 Å². The maximum absolute atomic E-state index is 10.2. The Labute approximate surface area is 116 Å². The van der Waals surface area contributed by atoms with Gasteiger partial charge in [-0.25, -0.2) is 0 Å². The molecule has 1 aliphatic carbocycles. The zero-order chi connectivity index (χ0) is 13.8. The molecule has 112 valence electrons. The van der Waals surface area contributed by atoms with Crippen LogP contribution in [0.15, 0.2) is 0 Å². The van der Waals surface area contributed by atoms with Crippen molar-refractivity contribution in [3.05, 3.63) is 0 Å². The fourth-order valence-electron chi connectivity index (χ4n) is 3.45. The molecule has 1 aliphatic heterocycles. The van der Waals surface area contributed by atoms with Gasteiger partial charge in [0.1, 0.15) is 0 Å². The zero-order valence-corrected chi connectivity index (χ0v) is 12.3. The van der Waals surface area contributed by atoms with Crippen LogP contribution < -0.4 is 0 Å². The second-order valence-electron chi connectivity index (χ2n) is 6.36. The molecule has 2 N–H and O–H groups in total. The number of aliphatic hydroxyl groups excluding tert-OH is 2. The quantitative estimate of drug-likeness (QED) is 0.808. The first-order valence-electron chi connectivity index (χ1n) is 7.78. The summed E-state index contributed by atoms with van der Waals surface area (Å²) in [4.78, 5) is 2.39. The molecule has 0 bridgehead atoms. The van der Waals surface area contributed by atoms with Crippen molar-refractivity contribution in [2.45, 2.75) is 57.8 Å². The van der Waals surface area contributed by atoms with E-state index in [0.717, 1.165) is 31.8 Å². The van der Waals surface area contributed by atoms with Crippen LogP contribution in [-0.4, -0.2) is 59.7 Å². The molecule has 1 saturated carbocycles. The van der Waals surface area contributed by atoms with Gasteiger partial charge in [-0.15, -0.1) is 0 Å². The average Bonchev–Trinajstić information content (AvgIpc) is 2.43. The molecule has 4 nitrogen and oxygen atoms in total. The topological polar surface area (TPSA) is 52.9 Å². The van der Waals surface area contributed by atoms with E-state index in [1.807, 2.05) is 0 Å². The van der Waals surface area contributed by atoms with E-state index in [4.69, 9.17) is 4.74 Å². The van der Waals surface area contributed by atoms with Gasteiger partial charge in [-0.2, -0.15) is 0 Å². The van der Waals surface area contributed by atoms with Gasteiger partial charge in [-0.05, 0) is 38.0 Å². The number of ether oxygens (including phenoxy) is 1. The van der Waals surface area contributed by atoms with E-state index in [1.165, 1.54) is 12.8 Å². The van der Waals surface area contributed by atoms with Crippen LogP contribution in [0.3, 0.4) is 0 Å². The molecule has 2 aliphatic rings. The van der Waals surface area contributed by atoms with Crippen molar-refractivity contribution in [3.8, 4) is 0 Å². The predicted molar refractivity (Wildman–Crippen MR) is 75.0 cm³/mol. The smallest absolute Gasteiger partial charge is 0.0933 e. The van der Waals surface area contributed by atoms with E-state index >= 15 is 0 Å². The summed E-state index contributed by atoms with van der Waals surface area (Å²) in [5.74, 6) is 1.16. The van der Waals surface area contributed by atoms with Crippen molar-refractivity contribution in [2.24, 2.45) is 11.8 Å². The molecule has 4 heteroatoms. The van der Waals surface area contributed by atoms with Crippen molar-refractivity contribution < 1.29 is 14.9 Å². The van der Waals surface area contributed by atoms with Crippen LogP contribution in [0.4, 0.5) is 0 Å². The molecular weight excluding hydrogens is 242 g/mol. The maximum Gasteiger partial charge on any atom is 0.0933 e. The second kappa shape index (κ2) is 7.02. The third-order valence-electron chi connectivity index (χ3n) is 4.94. The Morgan fingerprint density at radius 2 is 2.11 bits per heavy atom. The molecule has 1 heterocycles. The van der Waals surface area contributed by atoms with Gasteiger partial charge in [0.05, 0.1) is 25.4 Å². The maximum atomic E-state index is 10.2. The molecule has 0 aromatic rings. The van der Waals surface area contributed by atoms with E-state index in [0.29, 0.717) is 18.6 Å². The molecule has 5 unspecified atom stereocenters. The summed E-state index contributed by atoms with van der Waals surface area (Å²) in [5, 5.41) is 19.4. The van der Waals surface area contributed by atoms with Crippen molar-refractivity contribution in [3.63, 3.8) is 0 Å². The number of hydrogen-bond donors (Lipinski definition) is 2. The fraction of sp³-hybridized carbons (Fsp3) is 1.00. The molecule has 19 heavy (non-hydrogen) atoms. The minimum atomic E-state index is -0.148. The number of rotatable bonds is 4. The highest BCUT2D eigenvalue weighted by Gasteiger charge is 2.33. The van der Waals surface area contributed by atoms with Crippen LogP contribution in [-0.2, 0) is 4.74 Å². The molecule has 0 amide bonds. The molecule has 2 rings (SSSR count). The van der Waals surface area contributed by atoms with E-state index < -0.39 is 0 Å². The van der Waals surface area contributed by atoms with Crippen molar-refractivity contribution in [1.82, 2.24) is 4.90 Å². The standard InChI is InChI=1S/C15H29NO3/c1-3-12-4-5-15(18)13(6-12)7-16-8-14(9-17)19-10-11(16)2/h11-15,17-18H,3-10H2,1-2H3. The van der Waals surface area contributed by atoms with Crippen molar-refractivity contribution >= 4 is 0 Å². The van der Waals surface area contributed by atoms with Crippen LogP contribution in [0.5, 0.6) is 0 Å². The first-order chi connectivity index (χ1) is 9.13. The van der Waals surface area contributed by atoms with Gasteiger partial charge in [0.15, 0.2) is 0 Å². The summed E-state index contributed by atoms with van der Waals surface area (Å²) in [5.41, 5.74) is 0. The molecule has 0 radical (unpaired) electrons. The highest BCUT2D eigenvalue weighted by Crippen LogP contribution is 2.32. The van der Waals surface area contributed by atoms with E-state index in [2.05, 4.69) is 18.7 Å². The Bertz CT molecular complexity index is 248. The largest absolute Gasteiger partial charge is 0.394 e. The van der Waals surface area contributed by atoms with E-state index in [1.54, 1.807) is 0 Å². The molecule has 2 fully saturated rings. The Hall–Kier alpha value is -0.160. The highest BCUT2D eigenvalue weighted by molar-refractivity contribution is 4.85. The lowest BCUT2D eigenvalue weighted by Gasteiger charge is -2.42. The molecule has 1 saturated heterocycles. The molecule has 5 atom stereocenters. The number of morpholine rings is 1. The van der Waals surface area contributed by atoms with Crippen molar-refractivity contribution in [1.29, 1.82) is 0 Å². The van der Waals surface area contributed by atoms with Crippen molar-refractivity contribution in [2.75, 3.05) is 26.3 Å². The fourth-order valence-corrected chi connectivity index (χ4v) is 3.45. The van der Waals surface area contributed by atoms with Gasteiger partial charge in [0.25, 0.3) is 0 Å². The third-order valence-corrected chi connectivity index (χ3v) is 4.94. The lowest BCUT2D eigenvalue weighted by atomic mass is 9.78. The normalized spacial score (nSPS) is 41.4. The van der Waals surface area contributed by atoms with Gasteiger partial charge >= 0.3 is 0 Å². The van der Waals surface area contributed by atoms with Gasteiger partial charge in [0.2, 0.25) is 0 Å². The lowest BCUT2D eigenvalue weighted by molar-refractivity contribution is -0.0902. The SMILES string of the molecule is CCC1CCC(O)C(CN2CC(CO)OCC2C)C1. The molecule has 0 aromatic carbocycles. The Balaban J connectivity index is 1.90. The summed E-state index contributed by atoms with van der Waals surface area (Å²) in [7, 11) is 0. The van der Waals surface area contributed by atoms with Crippen LogP contribution in [0, 0.1) is 11.8 Å². The summed E-state index contributed by atoms with van der Waals surface area (Å²) >= 11 is 0. The Morgan fingerprint density at radius 1 is 1.32 bits per heavy atom.